The number of rotatable bonds is 11. The molecule has 14 nitrogen and oxygen atoms in total. The van der Waals surface area contributed by atoms with E-state index in [0.717, 1.165) is 26.5 Å². The number of sulfone groups is 1. The molecule has 0 unspecified atom stereocenters. The molecule has 4 N–H and O–H groups in total. The number of urea groups is 1. The number of unbranched alkanes of at least 4 members (excludes halogenated alkanes) is 1. The maximum absolute atomic E-state index is 13.6. The van der Waals surface area contributed by atoms with Crippen molar-refractivity contribution in [3.63, 3.8) is 0 Å². The Hall–Kier alpha value is -2.98. The van der Waals surface area contributed by atoms with Crippen LogP contribution in [0.5, 0.6) is 5.88 Å². The number of aromatic hydroxyl groups is 1. The molecule has 2 spiro atoms. The number of hydrogen-bond donors (Lipinski definition) is 3. The molecular weight excluding hydrogens is 621 g/mol. The maximum atomic E-state index is 13.6. The van der Waals surface area contributed by atoms with Gasteiger partial charge in [-0.2, -0.15) is 0 Å². The highest BCUT2D eigenvalue weighted by Gasteiger charge is 2.69. The molecule has 5 rings (SSSR count). The van der Waals surface area contributed by atoms with E-state index in [1.54, 1.807) is 0 Å². The van der Waals surface area contributed by atoms with Crippen molar-refractivity contribution in [1.82, 2.24) is 18.9 Å². The minimum absolute atomic E-state index is 0.166. The first kappa shape index (κ1) is 33.4. The molecule has 2 aliphatic carbocycles. The van der Waals surface area contributed by atoms with E-state index in [1.807, 2.05) is 6.92 Å². The molecule has 0 aromatic carbocycles. The summed E-state index contributed by atoms with van der Waals surface area (Å²) in [6.45, 7) is 8.97. The number of nitrogens with one attached hydrogen (secondary N) is 1. The largest absolute Gasteiger partial charge is 0.494 e. The quantitative estimate of drug-likeness (QED) is 0.104. The van der Waals surface area contributed by atoms with Crippen molar-refractivity contribution in [1.29, 1.82) is 5.41 Å². The van der Waals surface area contributed by atoms with Gasteiger partial charge >= 0.3 is 11.7 Å². The van der Waals surface area contributed by atoms with E-state index >= 15 is 0 Å². The van der Waals surface area contributed by atoms with Crippen LogP contribution in [0.25, 0.3) is 0 Å². The van der Waals surface area contributed by atoms with Crippen molar-refractivity contribution in [2.24, 2.45) is 11.1 Å². The number of hydrogen-bond acceptors (Lipinski definition) is 9. The summed E-state index contributed by atoms with van der Waals surface area (Å²) in [5, 5.41) is 18.5. The van der Waals surface area contributed by atoms with Gasteiger partial charge in [0.15, 0.2) is 15.4 Å². The number of nitrogens with two attached hydrogens (primary N) is 1. The van der Waals surface area contributed by atoms with Gasteiger partial charge in [0.1, 0.15) is 18.1 Å². The van der Waals surface area contributed by atoms with Crippen LogP contribution in [-0.4, -0.2) is 94.7 Å². The number of amidine groups is 1. The zero-order valence-electron chi connectivity index (χ0n) is 26.6. The molecule has 4 fully saturated rings. The van der Waals surface area contributed by atoms with Gasteiger partial charge in [-0.25, -0.2) is 22.9 Å². The fourth-order valence-electron chi connectivity index (χ4n) is 7.59. The Balaban J connectivity index is 1.30. The molecular formula is C29H46N6O8SSi. The van der Waals surface area contributed by atoms with E-state index in [0.29, 0.717) is 51.6 Å². The molecule has 3 heterocycles. The number of ether oxygens (including phenoxy) is 1. The summed E-state index contributed by atoms with van der Waals surface area (Å²) in [6, 6.07) is -0.371. The summed E-state index contributed by atoms with van der Waals surface area (Å²) in [5.74, 6) is -2.45. The van der Waals surface area contributed by atoms with Crippen LogP contribution in [0.2, 0.25) is 25.7 Å². The number of imide groups is 1. The first-order chi connectivity index (χ1) is 21.0. The van der Waals surface area contributed by atoms with Crippen LogP contribution in [0.15, 0.2) is 9.59 Å². The van der Waals surface area contributed by atoms with E-state index in [2.05, 4.69) is 19.6 Å². The summed E-state index contributed by atoms with van der Waals surface area (Å²) in [4.78, 5) is 56.3. The summed E-state index contributed by atoms with van der Waals surface area (Å²) in [7, 11) is -4.81. The van der Waals surface area contributed by atoms with Crippen molar-refractivity contribution in [3.8, 4) is 5.88 Å². The zero-order chi connectivity index (χ0) is 33.1. The molecule has 4 aliphatic rings. The normalized spacial score (nSPS) is 27.2. The summed E-state index contributed by atoms with van der Waals surface area (Å²) in [6.07, 6.45) is 4.87. The first-order valence-corrected chi connectivity index (χ1v) is 21.3. The lowest BCUT2D eigenvalue weighted by molar-refractivity contribution is -0.137. The molecule has 45 heavy (non-hydrogen) atoms. The lowest BCUT2D eigenvalue weighted by Crippen LogP contribution is -2.71. The number of carbonyl (C=O) groups excluding carboxylic acids is 2. The summed E-state index contributed by atoms with van der Waals surface area (Å²) >= 11 is 0. The standard InChI is InChI=1S/C29H46N6O8SSi/c1-5-6-11-32-23(36)21(22(30)31)24(37)34(26(32)39)19-7-9-28(10-8-19)14-20(15-28)35-27(40)33(18-43-12-13-45(2,3)4)25(38)29(35)16-44(41,42)17-29/h19-20,36H,5-18H2,1-4H3,(H3,30,31). The van der Waals surface area contributed by atoms with Gasteiger partial charge in [-0.05, 0) is 56.4 Å². The zero-order valence-corrected chi connectivity index (χ0v) is 28.5. The van der Waals surface area contributed by atoms with Gasteiger partial charge in [0.25, 0.3) is 11.5 Å². The molecule has 250 valence electrons. The monoisotopic (exact) mass is 666 g/mol. The first-order valence-electron chi connectivity index (χ1n) is 15.8. The number of carbonyl (C=O) groups is 2. The van der Waals surface area contributed by atoms with Crippen molar-refractivity contribution < 1.29 is 27.9 Å². The molecule has 2 saturated carbocycles. The Morgan fingerprint density at radius 2 is 1.71 bits per heavy atom. The van der Waals surface area contributed by atoms with E-state index in [-0.39, 0.29) is 41.8 Å². The van der Waals surface area contributed by atoms with Crippen LogP contribution >= 0.6 is 0 Å². The summed E-state index contributed by atoms with van der Waals surface area (Å²) in [5.41, 5.74) is 2.33. The number of amides is 3. The fourth-order valence-corrected chi connectivity index (χ4v) is 10.2. The van der Waals surface area contributed by atoms with E-state index in [1.165, 1.54) is 4.90 Å². The predicted molar refractivity (Wildman–Crippen MR) is 170 cm³/mol. The lowest BCUT2D eigenvalue weighted by Gasteiger charge is -2.57. The van der Waals surface area contributed by atoms with Gasteiger partial charge in [0.05, 0.1) is 11.5 Å². The number of nitrogen functional groups attached to an aromatic ring is 1. The van der Waals surface area contributed by atoms with Gasteiger partial charge in [-0.15, -0.1) is 0 Å². The SMILES string of the molecule is CCCCn1c(O)c(C(=N)N)c(=O)n(C2CCC3(CC2)CC(N2C(=O)N(COCC[Si](C)(C)C)C(=O)C24CS(=O)(=O)C4)C3)c1=O. The second kappa shape index (κ2) is 11.7. The fraction of sp³-hybridized carbons (Fsp3) is 0.759. The third-order valence-corrected chi connectivity index (χ3v) is 13.7. The second-order valence-electron chi connectivity index (χ2n) is 14.7. The average Bonchev–Trinajstić information content (AvgIpc) is 3.10. The third-order valence-electron chi connectivity index (χ3n) is 10.1. The highest BCUT2D eigenvalue weighted by atomic mass is 32.2. The van der Waals surface area contributed by atoms with Crippen molar-refractivity contribution in [2.45, 2.75) is 108 Å². The molecule has 1 aromatic heterocycles. The Bertz CT molecular complexity index is 1600. The molecule has 0 bridgehead atoms. The van der Waals surface area contributed by atoms with E-state index < -0.39 is 64.4 Å². The lowest BCUT2D eigenvalue weighted by atomic mass is 9.57. The molecule has 16 heteroatoms. The molecule has 1 aromatic rings. The Morgan fingerprint density at radius 3 is 2.24 bits per heavy atom. The minimum Gasteiger partial charge on any atom is -0.494 e. The average molecular weight is 667 g/mol. The van der Waals surface area contributed by atoms with Gasteiger partial charge in [0, 0.05) is 33.3 Å². The highest BCUT2D eigenvalue weighted by molar-refractivity contribution is 7.93. The van der Waals surface area contributed by atoms with Crippen LogP contribution in [0.4, 0.5) is 4.79 Å². The van der Waals surface area contributed by atoms with Crippen molar-refractivity contribution in [3.05, 3.63) is 26.4 Å². The van der Waals surface area contributed by atoms with Crippen LogP contribution in [-0.2, 0) is 25.9 Å². The van der Waals surface area contributed by atoms with Gasteiger partial charge in [-0.3, -0.25) is 24.1 Å². The van der Waals surface area contributed by atoms with Crippen LogP contribution < -0.4 is 17.0 Å². The maximum Gasteiger partial charge on any atom is 0.334 e. The van der Waals surface area contributed by atoms with Gasteiger partial charge in [-0.1, -0.05) is 33.0 Å². The van der Waals surface area contributed by atoms with Gasteiger partial charge in [0.2, 0.25) is 5.88 Å². The summed E-state index contributed by atoms with van der Waals surface area (Å²) < 4.78 is 32.6. The van der Waals surface area contributed by atoms with Crippen LogP contribution in [0.1, 0.15) is 69.9 Å². The minimum atomic E-state index is -3.43. The number of nitrogens with zero attached hydrogens (tertiary/aromatic N) is 4. The van der Waals surface area contributed by atoms with Crippen LogP contribution in [0.3, 0.4) is 0 Å². The molecule has 2 saturated heterocycles. The van der Waals surface area contributed by atoms with E-state index in [9.17, 15) is 32.7 Å². The smallest absolute Gasteiger partial charge is 0.334 e. The Morgan fingerprint density at radius 1 is 1.09 bits per heavy atom. The molecule has 3 amide bonds. The molecule has 2 aliphatic heterocycles. The van der Waals surface area contributed by atoms with E-state index in [4.69, 9.17) is 15.9 Å². The van der Waals surface area contributed by atoms with Gasteiger partial charge < -0.3 is 20.5 Å². The third kappa shape index (κ3) is 5.88. The molecule has 0 atom stereocenters. The number of aromatic nitrogens is 2. The highest BCUT2D eigenvalue weighted by Crippen LogP contribution is 2.57. The predicted octanol–water partition coefficient (Wildman–Crippen LogP) is 1.81. The Kier molecular flexibility index (Phi) is 8.66. The van der Waals surface area contributed by atoms with Crippen LogP contribution in [0, 0.1) is 10.8 Å². The topological polar surface area (TPSA) is 198 Å². The molecule has 0 radical (unpaired) electrons. The Labute approximate surface area is 263 Å². The van der Waals surface area contributed by atoms with Crippen molar-refractivity contribution in [2.75, 3.05) is 24.8 Å². The van der Waals surface area contributed by atoms with Crippen molar-refractivity contribution >= 4 is 35.7 Å². The second-order valence-corrected chi connectivity index (χ2v) is 22.4.